The average Bonchev–Trinajstić information content (AvgIpc) is 2.75. The van der Waals surface area contributed by atoms with Crippen LogP contribution >= 0.6 is 0 Å². The molecule has 2 N–H and O–H groups in total. The lowest BCUT2D eigenvalue weighted by molar-refractivity contribution is 0.0558. The van der Waals surface area contributed by atoms with E-state index in [0.717, 1.165) is 47.3 Å². The van der Waals surface area contributed by atoms with Crippen LogP contribution in [0.5, 0.6) is 0 Å². The smallest absolute Gasteiger partial charge is 0.0133 e. The minimum Gasteiger partial charge on any atom is -0.310 e. The van der Waals surface area contributed by atoms with Crippen LogP contribution in [-0.2, 0) is 0 Å². The zero-order valence-corrected chi connectivity index (χ0v) is 27.9. The van der Waals surface area contributed by atoms with Crippen molar-refractivity contribution in [3.8, 4) is 0 Å². The van der Waals surface area contributed by atoms with E-state index in [2.05, 4.69) is 108 Å². The summed E-state index contributed by atoms with van der Waals surface area (Å²) in [4.78, 5) is 0. The van der Waals surface area contributed by atoms with Crippen molar-refractivity contribution >= 4 is 0 Å². The largest absolute Gasteiger partial charge is 0.310 e. The third kappa shape index (κ3) is 8.96. The van der Waals surface area contributed by atoms with Crippen LogP contribution in [0, 0.1) is 58.2 Å². The van der Waals surface area contributed by atoms with Crippen molar-refractivity contribution in [1.29, 1.82) is 0 Å². The summed E-state index contributed by atoms with van der Waals surface area (Å²) in [7, 11) is 0. The molecule has 6 unspecified atom stereocenters. The zero-order chi connectivity index (χ0) is 28.3. The lowest BCUT2D eigenvalue weighted by Crippen LogP contribution is -2.60. The molecule has 2 saturated carbocycles. The fourth-order valence-corrected chi connectivity index (χ4v) is 8.06. The molecule has 0 spiro atoms. The van der Waals surface area contributed by atoms with Crippen LogP contribution in [-0.4, -0.2) is 24.2 Å². The van der Waals surface area contributed by atoms with Crippen molar-refractivity contribution in [2.75, 3.05) is 0 Å². The van der Waals surface area contributed by atoms with E-state index in [9.17, 15) is 0 Å². The standard InChI is InChI=1S/C35H70N2/c1-22(2)26-17-15-18-27(23(3)4)32(26)36-30(34(9,10)11)21-31(35(12,13)14)37-33-28(24(5)6)19-16-20-29(33)25(7)8/h22-33,36-37H,15-21H2,1-14H3. The molecular formula is C35H70N2. The third-order valence-electron chi connectivity index (χ3n) is 10.8. The Morgan fingerprint density at radius 1 is 0.486 bits per heavy atom. The molecule has 2 fully saturated rings. The fraction of sp³-hybridized carbons (Fsp3) is 1.00. The molecule has 0 bridgehead atoms. The van der Waals surface area contributed by atoms with E-state index in [1.54, 1.807) is 0 Å². The van der Waals surface area contributed by atoms with Gasteiger partial charge < -0.3 is 10.6 Å². The Bertz CT molecular complexity index is 561. The molecule has 37 heavy (non-hydrogen) atoms. The molecule has 0 aromatic rings. The lowest BCUT2D eigenvalue weighted by Gasteiger charge is -2.50. The predicted octanol–water partition coefficient (Wildman–Crippen LogP) is 9.58. The number of hydrogen-bond donors (Lipinski definition) is 2. The quantitative estimate of drug-likeness (QED) is 0.301. The fourth-order valence-electron chi connectivity index (χ4n) is 8.06. The summed E-state index contributed by atoms with van der Waals surface area (Å²) < 4.78 is 0. The van der Waals surface area contributed by atoms with Gasteiger partial charge in [-0.15, -0.1) is 0 Å². The molecule has 0 radical (unpaired) electrons. The summed E-state index contributed by atoms with van der Waals surface area (Å²) in [6.45, 7) is 34.6. The molecule has 2 aliphatic carbocycles. The Morgan fingerprint density at radius 3 is 0.919 bits per heavy atom. The van der Waals surface area contributed by atoms with Crippen LogP contribution in [0.25, 0.3) is 0 Å². The monoisotopic (exact) mass is 519 g/mol. The molecule has 220 valence electrons. The van der Waals surface area contributed by atoms with E-state index in [-0.39, 0.29) is 10.8 Å². The van der Waals surface area contributed by atoms with Crippen LogP contribution in [0.2, 0.25) is 0 Å². The second-order valence-corrected chi connectivity index (χ2v) is 17.0. The van der Waals surface area contributed by atoms with Crippen molar-refractivity contribution in [3.63, 3.8) is 0 Å². The van der Waals surface area contributed by atoms with Crippen LogP contribution in [0.4, 0.5) is 0 Å². The van der Waals surface area contributed by atoms with Crippen LogP contribution < -0.4 is 10.6 Å². The van der Waals surface area contributed by atoms with Gasteiger partial charge in [0.25, 0.3) is 0 Å². The molecule has 0 aromatic carbocycles. The second kappa shape index (κ2) is 13.5. The van der Waals surface area contributed by atoms with E-state index in [1.807, 2.05) is 0 Å². The Hall–Kier alpha value is -0.0800. The van der Waals surface area contributed by atoms with E-state index < -0.39 is 0 Å². The molecule has 2 nitrogen and oxygen atoms in total. The molecule has 2 heteroatoms. The highest BCUT2D eigenvalue weighted by atomic mass is 15.0. The number of hydrogen-bond acceptors (Lipinski definition) is 2. The first-order valence-electron chi connectivity index (χ1n) is 16.5. The molecule has 0 heterocycles. The van der Waals surface area contributed by atoms with Gasteiger partial charge in [0.05, 0.1) is 0 Å². The van der Waals surface area contributed by atoms with Gasteiger partial charge in [-0.2, -0.15) is 0 Å². The normalized spacial score (nSPS) is 31.9. The predicted molar refractivity (Wildman–Crippen MR) is 166 cm³/mol. The summed E-state index contributed by atoms with van der Waals surface area (Å²) >= 11 is 0. The molecule has 0 amide bonds. The highest BCUT2D eigenvalue weighted by Crippen LogP contribution is 2.42. The van der Waals surface area contributed by atoms with Crippen LogP contribution in [0.1, 0.15) is 142 Å². The van der Waals surface area contributed by atoms with E-state index in [4.69, 9.17) is 0 Å². The average molecular weight is 519 g/mol. The van der Waals surface area contributed by atoms with Crippen LogP contribution in [0.3, 0.4) is 0 Å². The second-order valence-electron chi connectivity index (χ2n) is 17.0. The lowest BCUT2D eigenvalue weighted by atomic mass is 9.66. The van der Waals surface area contributed by atoms with Crippen molar-refractivity contribution in [2.45, 2.75) is 166 Å². The maximum absolute atomic E-state index is 4.43. The van der Waals surface area contributed by atoms with Gasteiger partial charge in [-0.1, -0.05) is 110 Å². The maximum Gasteiger partial charge on any atom is 0.0133 e. The topological polar surface area (TPSA) is 24.1 Å². The summed E-state index contributed by atoms with van der Waals surface area (Å²) in [5.41, 5.74) is 0.459. The summed E-state index contributed by atoms with van der Waals surface area (Å²) in [6, 6.07) is 2.29. The SMILES string of the molecule is CC(C)C1CCCC(C(C)C)C1NC(CC(NC1C(C(C)C)CCCC1C(C)C)C(C)(C)C)C(C)(C)C. The van der Waals surface area contributed by atoms with Gasteiger partial charge in [-0.25, -0.2) is 0 Å². The molecule has 2 aliphatic rings. The zero-order valence-electron chi connectivity index (χ0n) is 27.9. The van der Waals surface area contributed by atoms with Gasteiger partial charge in [-0.05, 0) is 90.3 Å². The molecular weight excluding hydrogens is 448 g/mol. The first-order valence-corrected chi connectivity index (χ1v) is 16.5. The first kappa shape index (κ1) is 33.1. The first-order chi connectivity index (χ1) is 16.9. The van der Waals surface area contributed by atoms with E-state index in [1.165, 1.54) is 44.9 Å². The van der Waals surface area contributed by atoms with Crippen LogP contribution in [0.15, 0.2) is 0 Å². The Labute approximate surface area is 234 Å². The molecule has 0 aromatic heterocycles. The number of rotatable bonds is 10. The van der Waals surface area contributed by atoms with Gasteiger partial charge >= 0.3 is 0 Å². The van der Waals surface area contributed by atoms with Gasteiger partial charge in [0.2, 0.25) is 0 Å². The summed E-state index contributed by atoms with van der Waals surface area (Å²) in [6.07, 6.45) is 9.60. The van der Waals surface area contributed by atoms with Crippen molar-refractivity contribution in [3.05, 3.63) is 0 Å². The molecule has 2 rings (SSSR count). The molecule has 0 aliphatic heterocycles. The van der Waals surface area contributed by atoms with Crippen molar-refractivity contribution < 1.29 is 0 Å². The summed E-state index contributed by atoms with van der Waals surface area (Å²) in [5, 5.41) is 8.85. The minimum absolute atomic E-state index is 0.229. The van der Waals surface area contributed by atoms with Gasteiger partial charge in [-0.3, -0.25) is 0 Å². The third-order valence-corrected chi connectivity index (χ3v) is 10.8. The minimum atomic E-state index is 0.229. The highest BCUT2D eigenvalue weighted by Gasteiger charge is 2.43. The highest BCUT2D eigenvalue weighted by molar-refractivity contribution is 5.00. The molecule has 0 saturated heterocycles. The van der Waals surface area contributed by atoms with Crippen molar-refractivity contribution in [1.82, 2.24) is 10.6 Å². The van der Waals surface area contributed by atoms with Crippen molar-refractivity contribution in [2.24, 2.45) is 58.2 Å². The number of nitrogens with one attached hydrogen (secondary N) is 2. The molecule has 6 atom stereocenters. The Balaban J connectivity index is 2.38. The van der Waals surface area contributed by atoms with E-state index >= 15 is 0 Å². The van der Waals surface area contributed by atoms with E-state index in [0.29, 0.717) is 24.2 Å². The van der Waals surface area contributed by atoms with Gasteiger partial charge in [0.15, 0.2) is 0 Å². The van der Waals surface area contributed by atoms with Gasteiger partial charge in [0.1, 0.15) is 0 Å². The van der Waals surface area contributed by atoms with Gasteiger partial charge in [0, 0.05) is 24.2 Å². The Kier molecular flexibility index (Phi) is 12.1. The Morgan fingerprint density at radius 2 is 0.730 bits per heavy atom. The maximum atomic E-state index is 4.43. The summed E-state index contributed by atoms with van der Waals surface area (Å²) in [5.74, 6) is 6.16.